The van der Waals surface area contributed by atoms with E-state index in [-0.39, 0.29) is 24.8 Å². The van der Waals surface area contributed by atoms with Crippen LogP contribution in [0.1, 0.15) is 58.8 Å². The van der Waals surface area contributed by atoms with Crippen LogP contribution in [0.2, 0.25) is 0 Å². The van der Waals surface area contributed by atoms with Crippen LogP contribution < -0.4 is 10.1 Å². The van der Waals surface area contributed by atoms with Crippen LogP contribution in [0, 0.1) is 13.8 Å². The third-order valence-electron chi connectivity index (χ3n) is 8.91. The van der Waals surface area contributed by atoms with Gasteiger partial charge in [-0.3, -0.25) is 14.6 Å². The average molecular weight is 569 g/mol. The van der Waals surface area contributed by atoms with Gasteiger partial charge in [-0.15, -0.1) is 0 Å². The molecule has 4 aliphatic rings. The fourth-order valence-corrected chi connectivity index (χ4v) is 6.55. The number of likely N-dealkylation sites (tertiary alicyclic amines) is 1. The molecule has 1 aliphatic carbocycles. The minimum atomic E-state index is -0.810. The largest absolute Gasteiger partial charge is 0.491 e. The summed E-state index contributed by atoms with van der Waals surface area (Å²) in [6.07, 6.45) is 5.76. The summed E-state index contributed by atoms with van der Waals surface area (Å²) in [6.45, 7) is 10.2. The number of Topliss-reactive ketones (excluding diaryl/α,β-unsaturated/α-hetero) is 1. The van der Waals surface area contributed by atoms with Crippen LogP contribution in [-0.2, 0) is 17.8 Å². The number of benzene rings is 2. The molecule has 0 unspecified atom stereocenters. The van der Waals surface area contributed by atoms with Crippen molar-refractivity contribution in [2.24, 2.45) is 4.99 Å². The minimum Gasteiger partial charge on any atom is -0.491 e. The number of aryl methyl sites for hydroxylation is 2. The summed E-state index contributed by atoms with van der Waals surface area (Å²) in [4.78, 5) is 35.7. The van der Waals surface area contributed by atoms with Crippen LogP contribution in [0.15, 0.2) is 58.7 Å². The number of nitrogens with one attached hydrogen (secondary N) is 1. The fourth-order valence-electron chi connectivity index (χ4n) is 6.55. The summed E-state index contributed by atoms with van der Waals surface area (Å²) in [5, 5.41) is 14.1. The highest BCUT2D eigenvalue weighted by Crippen LogP contribution is 2.38. The van der Waals surface area contributed by atoms with E-state index in [1.807, 2.05) is 50.3 Å². The lowest BCUT2D eigenvalue weighted by atomic mass is 9.94. The van der Waals surface area contributed by atoms with E-state index in [0.717, 1.165) is 77.4 Å². The predicted molar refractivity (Wildman–Crippen MR) is 164 cm³/mol. The zero-order valence-corrected chi connectivity index (χ0v) is 24.8. The van der Waals surface area contributed by atoms with Crippen LogP contribution in [0.3, 0.4) is 0 Å². The summed E-state index contributed by atoms with van der Waals surface area (Å²) in [7, 11) is 0. The SMILES string of the molecule is CCN1CCC(N2Cc3cc4c(cc3C2=O)CC(=C2C(=O)CC=CC2=NC[C@@H](O)COc2ccc(C)cc2C)N4)CC1. The quantitative estimate of drug-likeness (QED) is 0.482. The molecular formula is C34H40N4O4. The highest BCUT2D eigenvalue weighted by Gasteiger charge is 2.36. The third kappa shape index (κ3) is 5.65. The van der Waals surface area contributed by atoms with Crippen molar-refractivity contribution in [3.05, 3.63) is 81.6 Å². The van der Waals surface area contributed by atoms with Gasteiger partial charge in [0, 0.05) is 55.5 Å². The number of carbonyl (C=O) groups is 2. The summed E-state index contributed by atoms with van der Waals surface area (Å²) >= 11 is 0. The Labute approximate surface area is 247 Å². The second-order valence-electron chi connectivity index (χ2n) is 11.9. The van der Waals surface area contributed by atoms with Gasteiger partial charge in [0.25, 0.3) is 5.91 Å². The Bertz CT molecular complexity index is 1500. The van der Waals surface area contributed by atoms with Gasteiger partial charge in [0.15, 0.2) is 5.78 Å². The van der Waals surface area contributed by atoms with Crippen molar-refractivity contribution in [1.82, 2.24) is 9.80 Å². The lowest BCUT2D eigenvalue weighted by Crippen LogP contribution is -2.44. The van der Waals surface area contributed by atoms with Crippen molar-refractivity contribution in [3.8, 4) is 5.75 Å². The Morgan fingerprint density at radius 1 is 1.12 bits per heavy atom. The first kappa shape index (κ1) is 28.4. The van der Waals surface area contributed by atoms with E-state index in [2.05, 4.69) is 33.1 Å². The Hall–Kier alpha value is -3.75. The zero-order valence-electron chi connectivity index (χ0n) is 24.8. The number of amides is 1. The van der Waals surface area contributed by atoms with E-state index in [1.165, 1.54) is 0 Å². The number of fused-ring (bicyclic) bond motifs is 2. The lowest BCUT2D eigenvalue weighted by Gasteiger charge is -2.36. The van der Waals surface area contributed by atoms with Gasteiger partial charge >= 0.3 is 0 Å². The monoisotopic (exact) mass is 568 g/mol. The van der Waals surface area contributed by atoms with Gasteiger partial charge in [0.1, 0.15) is 18.5 Å². The summed E-state index contributed by atoms with van der Waals surface area (Å²) < 4.78 is 5.83. The first-order valence-electron chi connectivity index (χ1n) is 15.1. The molecule has 220 valence electrons. The van der Waals surface area contributed by atoms with Crippen LogP contribution in [0.25, 0.3) is 0 Å². The minimum absolute atomic E-state index is 0.000732. The maximum Gasteiger partial charge on any atom is 0.254 e. The molecule has 1 fully saturated rings. The molecule has 8 heteroatoms. The molecule has 6 rings (SSSR count). The number of carbonyl (C=O) groups excluding carboxylic acids is 2. The second kappa shape index (κ2) is 11.9. The molecule has 2 aromatic rings. The molecule has 0 saturated carbocycles. The molecule has 0 radical (unpaired) electrons. The van der Waals surface area contributed by atoms with Crippen molar-refractivity contribution in [2.75, 3.05) is 38.1 Å². The summed E-state index contributed by atoms with van der Waals surface area (Å²) in [5.41, 5.74) is 7.93. The van der Waals surface area contributed by atoms with Crippen molar-refractivity contribution in [3.63, 3.8) is 0 Å². The van der Waals surface area contributed by atoms with Crippen molar-refractivity contribution >= 4 is 23.1 Å². The molecule has 42 heavy (non-hydrogen) atoms. The van der Waals surface area contributed by atoms with Gasteiger partial charge < -0.3 is 25.0 Å². The molecular weight excluding hydrogens is 528 g/mol. The van der Waals surface area contributed by atoms with Crippen LogP contribution in [0.4, 0.5) is 5.69 Å². The Morgan fingerprint density at radius 3 is 2.69 bits per heavy atom. The number of piperidine rings is 1. The van der Waals surface area contributed by atoms with Gasteiger partial charge in [-0.1, -0.05) is 30.7 Å². The average Bonchev–Trinajstić information content (AvgIpc) is 3.54. The molecule has 8 nitrogen and oxygen atoms in total. The zero-order chi connectivity index (χ0) is 29.4. The van der Waals surface area contributed by atoms with E-state index < -0.39 is 6.10 Å². The summed E-state index contributed by atoms with van der Waals surface area (Å²) in [6, 6.07) is 10.3. The number of hydrogen-bond acceptors (Lipinski definition) is 7. The van der Waals surface area contributed by atoms with E-state index in [4.69, 9.17) is 4.74 Å². The molecule has 1 atom stereocenters. The molecule has 0 bridgehead atoms. The van der Waals surface area contributed by atoms with Crippen molar-refractivity contribution in [1.29, 1.82) is 0 Å². The van der Waals surface area contributed by atoms with Gasteiger partial charge in [-0.25, -0.2) is 0 Å². The molecule has 0 aromatic heterocycles. The standard InChI is InChI=1S/C34H40N4O4/c1-4-37-12-10-25(11-13-37)38-19-24-17-29-23(15-27(24)34(38)41)16-30(36-29)33-28(6-5-7-31(33)40)35-18-26(39)20-42-32-9-8-21(2)14-22(32)3/h5-6,8-9,14-15,17,25-26,36,39H,4,7,10-13,16,18-20H2,1-3H3/t26-/m1/s1. The first-order valence-corrected chi connectivity index (χ1v) is 15.1. The van der Waals surface area contributed by atoms with Gasteiger partial charge in [0.2, 0.25) is 0 Å². The molecule has 2 N–H and O–H groups in total. The highest BCUT2D eigenvalue weighted by molar-refractivity contribution is 6.29. The number of aliphatic hydroxyl groups is 1. The maximum absolute atomic E-state index is 13.4. The summed E-state index contributed by atoms with van der Waals surface area (Å²) in [5.74, 6) is 0.867. The number of ketones is 1. The van der Waals surface area contributed by atoms with E-state index in [1.54, 1.807) is 0 Å². The number of rotatable bonds is 7. The maximum atomic E-state index is 13.4. The van der Waals surface area contributed by atoms with Crippen LogP contribution in [-0.4, -0.2) is 77.2 Å². The second-order valence-corrected chi connectivity index (χ2v) is 11.9. The number of hydrogen-bond donors (Lipinski definition) is 2. The first-order chi connectivity index (χ1) is 20.3. The third-order valence-corrected chi connectivity index (χ3v) is 8.91. The van der Waals surface area contributed by atoms with Gasteiger partial charge in [-0.2, -0.15) is 0 Å². The van der Waals surface area contributed by atoms with E-state index >= 15 is 0 Å². The number of aliphatic hydroxyl groups excluding tert-OH is 1. The Balaban J connectivity index is 1.15. The normalized spacial score (nSPS) is 22.5. The number of nitrogens with zero attached hydrogens (tertiary/aromatic N) is 3. The van der Waals surface area contributed by atoms with Gasteiger partial charge in [-0.05, 0) is 74.2 Å². The predicted octanol–water partition coefficient (Wildman–Crippen LogP) is 4.38. The highest BCUT2D eigenvalue weighted by atomic mass is 16.5. The molecule has 1 amide bonds. The molecule has 3 heterocycles. The molecule has 3 aliphatic heterocycles. The van der Waals surface area contributed by atoms with E-state index in [0.29, 0.717) is 36.7 Å². The molecule has 1 saturated heterocycles. The van der Waals surface area contributed by atoms with Crippen molar-refractivity contribution < 1.29 is 19.4 Å². The fraction of sp³-hybridized carbons (Fsp3) is 0.441. The number of ether oxygens (including phenoxy) is 1. The van der Waals surface area contributed by atoms with E-state index in [9.17, 15) is 14.7 Å². The van der Waals surface area contributed by atoms with Crippen LogP contribution in [0.5, 0.6) is 5.75 Å². The number of aliphatic imine (C=N–C) groups is 1. The van der Waals surface area contributed by atoms with Crippen molar-refractivity contribution in [2.45, 2.75) is 65.1 Å². The molecule has 0 spiro atoms. The number of anilines is 1. The Kier molecular flexibility index (Phi) is 8.01. The van der Waals surface area contributed by atoms with Gasteiger partial charge in [0.05, 0.1) is 17.8 Å². The lowest BCUT2D eigenvalue weighted by molar-refractivity contribution is -0.114. The number of allylic oxidation sites excluding steroid dienone is 4. The topological polar surface area (TPSA) is 94.5 Å². The smallest absolute Gasteiger partial charge is 0.254 e. The van der Waals surface area contributed by atoms with Crippen LogP contribution >= 0.6 is 0 Å². The molecule has 2 aromatic carbocycles. The Morgan fingerprint density at radius 2 is 1.93 bits per heavy atom.